The smallest absolute Gasteiger partial charge is 0.200 e. The number of hydrogen-bond acceptors (Lipinski definition) is 5. The second-order valence-electron chi connectivity index (χ2n) is 7.14. The lowest BCUT2D eigenvalue weighted by molar-refractivity contribution is 0.0953. The van der Waals surface area contributed by atoms with E-state index in [2.05, 4.69) is 9.97 Å². The van der Waals surface area contributed by atoms with Crippen LogP contribution < -0.4 is 0 Å². The summed E-state index contributed by atoms with van der Waals surface area (Å²) in [4.78, 5) is 20.8. The normalized spacial score (nSPS) is 13.1. The van der Waals surface area contributed by atoms with Crippen LogP contribution in [0.1, 0.15) is 33.4 Å². The van der Waals surface area contributed by atoms with E-state index in [0.717, 1.165) is 12.1 Å². The molecule has 4 rings (SSSR count). The van der Waals surface area contributed by atoms with Gasteiger partial charge in [-0.15, -0.1) is 0 Å². The number of allylic oxidation sites excluding steroid dienone is 1. The van der Waals surface area contributed by atoms with Crippen molar-refractivity contribution in [2.24, 2.45) is 0 Å². The number of fused-ring (bicyclic) bond motifs is 1. The van der Waals surface area contributed by atoms with Gasteiger partial charge in [0.1, 0.15) is 34.9 Å². The molecule has 0 aliphatic carbocycles. The zero-order chi connectivity index (χ0) is 22.8. The lowest BCUT2D eigenvalue weighted by Gasteiger charge is -2.12. The maximum Gasteiger partial charge on any atom is 0.200 e. The Labute approximate surface area is 181 Å². The summed E-state index contributed by atoms with van der Waals surface area (Å²) in [5, 5.41) is 30.1. The molecule has 0 amide bonds. The minimum Gasteiger partial charge on any atom is -0.506 e. The maximum absolute atomic E-state index is 13.8. The van der Waals surface area contributed by atoms with E-state index >= 15 is 0 Å². The molecule has 6 nitrogen and oxygen atoms in total. The highest BCUT2D eigenvalue weighted by Crippen LogP contribution is 2.29. The lowest BCUT2D eigenvalue weighted by atomic mass is 9.96. The van der Waals surface area contributed by atoms with Crippen molar-refractivity contribution in [3.8, 4) is 0 Å². The van der Waals surface area contributed by atoms with Crippen LogP contribution in [0.5, 0.6) is 0 Å². The first-order chi connectivity index (χ1) is 15.4. The number of hydrogen-bond donors (Lipinski definition) is 4. The van der Waals surface area contributed by atoms with Gasteiger partial charge in [-0.1, -0.05) is 30.3 Å². The van der Waals surface area contributed by atoms with Crippen LogP contribution in [0.3, 0.4) is 0 Å². The number of aromatic amines is 1. The van der Waals surface area contributed by atoms with Crippen molar-refractivity contribution in [2.75, 3.05) is 6.61 Å². The Bertz CT molecular complexity index is 1290. The van der Waals surface area contributed by atoms with Gasteiger partial charge in [0, 0.05) is 17.2 Å². The van der Waals surface area contributed by atoms with Crippen LogP contribution in [-0.2, 0) is 0 Å². The Morgan fingerprint density at radius 2 is 1.69 bits per heavy atom. The fraction of sp³-hybridized carbons (Fsp3) is 0.0833. The molecule has 4 aromatic rings. The van der Waals surface area contributed by atoms with Gasteiger partial charge in [-0.05, 0) is 35.9 Å². The predicted molar refractivity (Wildman–Crippen MR) is 115 cm³/mol. The molecule has 1 aromatic heterocycles. The van der Waals surface area contributed by atoms with Crippen LogP contribution in [-0.4, -0.2) is 37.7 Å². The van der Waals surface area contributed by atoms with Crippen molar-refractivity contribution < 1.29 is 28.9 Å². The number of nitrogens with one attached hydrogen (secondary N) is 1. The van der Waals surface area contributed by atoms with Crippen LogP contribution in [0.25, 0.3) is 22.4 Å². The quantitative estimate of drug-likeness (QED) is 0.206. The molecule has 3 aromatic carbocycles. The van der Waals surface area contributed by atoms with Crippen molar-refractivity contribution in [1.29, 1.82) is 0 Å². The first-order valence-electron chi connectivity index (χ1n) is 9.66. The number of carbonyl (C=O) groups is 1. The lowest BCUT2D eigenvalue weighted by Crippen LogP contribution is -2.10. The van der Waals surface area contributed by atoms with E-state index in [1.54, 1.807) is 24.3 Å². The highest BCUT2D eigenvalue weighted by atomic mass is 19.1. The van der Waals surface area contributed by atoms with Gasteiger partial charge in [-0.25, -0.2) is 13.8 Å². The van der Waals surface area contributed by atoms with E-state index in [1.165, 1.54) is 24.3 Å². The van der Waals surface area contributed by atoms with Gasteiger partial charge in [0.25, 0.3) is 0 Å². The molecule has 0 unspecified atom stereocenters. The van der Waals surface area contributed by atoms with Crippen molar-refractivity contribution in [3.05, 3.63) is 101 Å². The fourth-order valence-corrected chi connectivity index (χ4v) is 3.37. The van der Waals surface area contributed by atoms with E-state index in [4.69, 9.17) is 0 Å². The Kier molecular flexibility index (Phi) is 5.81. The Morgan fingerprint density at radius 1 is 0.969 bits per heavy atom. The van der Waals surface area contributed by atoms with Crippen LogP contribution in [0.4, 0.5) is 8.78 Å². The number of aliphatic hydroxyl groups is 3. The minimum atomic E-state index is -1.20. The van der Waals surface area contributed by atoms with E-state index in [-0.39, 0.29) is 22.5 Å². The first-order valence-corrected chi connectivity index (χ1v) is 9.66. The number of benzene rings is 3. The SMILES string of the molecule is O=C(C(=C(O)c1cc(F)cc(F)c1)c1nc2ccccc2[nH]1)c1cccc([C@@H](O)CO)c1. The number of para-hydroxylation sites is 2. The van der Waals surface area contributed by atoms with Gasteiger partial charge in [-0.3, -0.25) is 4.79 Å². The molecule has 162 valence electrons. The van der Waals surface area contributed by atoms with Crippen molar-refractivity contribution in [1.82, 2.24) is 9.97 Å². The Hall–Kier alpha value is -3.88. The monoisotopic (exact) mass is 436 g/mol. The third kappa shape index (κ3) is 4.14. The van der Waals surface area contributed by atoms with Gasteiger partial charge in [0.15, 0.2) is 0 Å². The standard InChI is InChI=1S/C24H18F2N2O4/c25-16-9-15(10-17(26)11-16)23(32)21(24-27-18-6-1-2-7-19(18)28-24)22(31)14-5-3-4-13(8-14)20(30)12-29/h1-11,20,29-30,32H,12H2,(H,27,28)/t20-/m0/s1. The summed E-state index contributed by atoms with van der Waals surface area (Å²) in [6, 6.07) is 15.3. The zero-order valence-electron chi connectivity index (χ0n) is 16.6. The average Bonchev–Trinajstić information content (AvgIpc) is 3.21. The summed E-state index contributed by atoms with van der Waals surface area (Å²) in [6.45, 7) is -0.544. The van der Waals surface area contributed by atoms with Gasteiger partial charge in [-0.2, -0.15) is 0 Å². The second-order valence-corrected chi connectivity index (χ2v) is 7.14. The largest absolute Gasteiger partial charge is 0.506 e. The molecule has 0 aliphatic heterocycles. The number of H-pyrrole nitrogens is 1. The van der Waals surface area contributed by atoms with Crippen LogP contribution in [0, 0.1) is 11.6 Å². The van der Waals surface area contributed by atoms with Crippen LogP contribution in [0.2, 0.25) is 0 Å². The molecule has 0 saturated carbocycles. The average molecular weight is 436 g/mol. The second kappa shape index (κ2) is 8.70. The predicted octanol–water partition coefficient (Wildman–Crippen LogP) is 4.18. The zero-order valence-corrected chi connectivity index (χ0v) is 16.6. The van der Waals surface area contributed by atoms with Gasteiger partial charge in [0.05, 0.1) is 17.6 Å². The minimum absolute atomic E-state index is 0.00600. The van der Waals surface area contributed by atoms with Gasteiger partial charge < -0.3 is 20.3 Å². The van der Waals surface area contributed by atoms with Gasteiger partial charge >= 0.3 is 0 Å². The van der Waals surface area contributed by atoms with Crippen molar-refractivity contribution >= 4 is 28.1 Å². The molecule has 0 radical (unpaired) electrons. The summed E-state index contributed by atoms with van der Waals surface area (Å²) in [5.41, 5.74) is 0.943. The molecule has 1 heterocycles. The van der Waals surface area contributed by atoms with Crippen molar-refractivity contribution in [3.63, 3.8) is 0 Å². The fourth-order valence-electron chi connectivity index (χ4n) is 3.37. The third-order valence-corrected chi connectivity index (χ3v) is 4.93. The molecule has 0 bridgehead atoms. The molecule has 1 atom stereocenters. The van der Waals surface area contributed by atoms with Crippen LogP contribution in [0.15, 0.2) is 66.7 Å². The molecule has 0 saturated heterocycles. The van der Waals surface area contributed by atoms with Crippen LogP contribution >= 0.6 is 0 Å². The van der Waals surface area contributed by atoms with E-state index < -0.39 is 35.9 Å². The molecular formula is C24H18F2N2O4. The highest BCUT2D eigenvalue weighted by molar-refractivity contribution is 6.33. The third-order valence-electron chi connectivity index (χ3n) is 4.93. The summed E-state index contributed by atoms with van der Waals surface area (Å²) in [7, 11) is 0. The molecular weight excluding hydrogens is 418 g/mol. The molecule has 0 aliphatic rings. The summed E-state index contributed by atoms with van der Waals surface area (Å²) in [5.74, 6) is -3.20. The first kappa shape index (κ1) is 21.4. The summed E-state index contributed by atoms with van der Waals surface area (Å²) >= 11 is 0. The summed E-state index contributed by atoms with van der Waals surface area (Å²) in [6.07, 6.45) is -1.20. The molecule has 0 fully saturated rings. The molecule has 0 spiro atoms. The number of Topliss-reactive ketones (excluding diaryl/α,β-unsaturated/α-hetero) is 1. The van der Waals surface area contributed by atoms with E-state index in [0.29, 0.717) is 22.7 Å². The number of carbonyl (C=O) groups excluding carboxylic acids is 1. The number of ketones is 1. The number of nitrogens with zero attached hydrogens (tertiary/aromatic N) is 1. The number of halogens is 2. The molecule has 8 heteroatoms. The Morgan fingerprint density at radius 3 is 2.38 bits per heavy atom. The topological polar surface area (TPSA) is 106 Å². The summed E-state index contributed by atoms with van der Waals surface area (Å²) < 4.78 is 27.6. The van der Waals surface area contributed by atoms with E-state index in [9.17, 15) is 28.9 Å². The maximum atomic E-state index is 13.8. The molecule has 32 heavy (non-hydrogen) atoms. The number of rotatable bonds is 6. The Balaban J connectivity index is 1.92. The van der Waals surface area contributed by atoms with E-state index in [1.807, 2.05) is 0 Å². The highest BCUT2D eigenvalue weighted by Gasteiger charge is 2.25. The number of aromatic nitrogens is 2. The number of imidazole rings is 1. The van der Waals surface area contributed by atoms with Gasteiger partial charge in [0.2, 0.25) is 5.78 Å². The number of aliphatic hydroxyl groups excluding tert-OH is 3. The van der Waals surface area contributed by atoms with Crippen molar-refractivity contribution in [2.45, 2.75) is 6.10 Å². The molecule has 4 N–H and O–H groups in total.